The Bertz CT molecular complexity index is 1140. The number of amides is 1. The van der Waals surface area contributed by atoms with Crippen LogP contribution in [0, 0.1) is 24.7 Å². The van der Waals surface area contributed by atoms with Crippen molar-refractivity contribution in [3.8, 4) is 5.69 Å². The van der Waals surface area contributed by atoms with Crippen LogP contribution in [0.5, 0.6) is 0 Å². The molecule has 4 aliphatic rings. The first kappa shape index (κ1) is 20.7. The van der Waals surface area contributed by atoms with Crippen molar-refractivity contribution >= 4 is 5.91 Å². The third kappa shape index (κ3) is 3.51. The maximum absolute atomic E-state index is 13.6. The summed E-state index contributed by atoms with van der Waals surface area (Å²) in [4.78, 5) is 13.6. The molecule has 7 rings (SSSR count). The van der Waals surface area contributed by atoms with Crippen molar-refractivity contribution in [2.75, 3.05) is 0 Å². The van der Waals surface area contributed by atoms with Crippen LogP contribution in [0.25, 0.3) is 5.69 Å². The smallest absolute Gasteiger partial charge is 0.255 e. The van der Waals surface area contributed by atoms with Crippen molar-refractivity contribution in [2.24, 2.45) is 17.8 Å². The third-order valence-electron chi connectivity index (χ3n) is 8.46. The predicted octanol–water partition coefficient (Wildman–Crippen LogP) is 4.79. The van der Waals surface area contributed by atoms with Gasteiger partial charge in [-0.1, -0.05) is 18.2 Å². The number of carbonyl (C=O) groups is 1. The van der Waals surface area contributed by atoms with Gasteiger partial charge in [0.1, 0.15) is 0 Å². The molecule has 2 heterocycles. The Kier molecular flexibility index (Phi) is 4.93. The van der Waals surface area contributed by atoms with E-state index in [1.165, 1.54) is 38.5 Å². The number of nitrogens with one attached hydrogen (secondary N) is 1. The fourth-order valence-electron chi connectivity index (χ4n) is 7.29. The zero-order valence-electron chi connectivity index (χ0n) is 19.6. The van der Waals surface area contributed by atoms with Gasteiger partial charge in [-0.05, 0) is 82.3 Å². The van der Waals surface area contributed by atoms with Gasteiger partial charge in [0.15, 0.2) is 0 Å². The molecule has 0 atom stereocenters. The monoisotopic (exact) mass is 443 g/mol. The number of para-hydroxylation sites is 1. The Labute approximate surface area is 195 Å². The molecular formula is C27H33N5O. The highest BCUT2D eigenvalue weighted by Gasteiger charge is 2.53. The van der Waals surface area contributed by atoms with Crippen LogP contribution >= 0.6 is 0 Å². The lowest BCUT2D eigenvalue weighted by molar-refractivity contribution is -0.00770. The molecule has 0 radical (unpaired) electrons. The Morgan fingerprint density at radius 3 is 2.36 bits per heavy atom. The van der Waals surface area contributed by atoms with Gasteiger partial charge in [-0.3, -0.25) is 9.48 Å². The second-order valence-corrected chi connectivity index (χ2v) is 10.6. The van der Waals surface area contributed by atoms with Crippen LogP contribution < -0.4 is 5.32 Å². The van der Waals surface area contributed by atoms with Crippen LogP contribution in [-0.4, -0.2) is 25.5 Å². The first-order valence-electron chi connectivity index (χ1n) is 12.5. The zero-order valence-corrected chi connectivity index (χ0v) is 19.6. The highest BCUT2D eigenvalue weighted by Crippen LogP contribution is 2.60. The molecule has 1 aromatic carbocycles. The van der Waals surface area contributed by atoms with Crippen LogP contribution in [0.3, 0.4) is 0 Å². The maximum Gasteiger partial charge on any atom is 0.255 e. The molecule has 4 saturated carbocycles. The van der Waals surface area contributed by atoms with Crippen LogP contribution in [0.4, 0.5) is 0 Å². The minimum atomic E-state index is -0.0217. The second kappa shape index (κ2) is 7.86. The second-order valence-electron chi connectivity index (χ2n) is 10.6. The Balaban J connectivity index is 1.35. The fourth-order valence-corrected chi connectivity index (χ4v) is 7.29. The van der Waals surface area contributed by atoms with Crippen molar-refractivity contribution in [1.29, 1.82) is 0 Å². The maximum atomic E-state index is 13.6. The van der Waals surface area contributed by atoms with E-state index >= 15 is 0 Å². The molecule has 6 nitrogen and oxygen atoms in total. The van der Waals surface area contributed by atoms with Crippen molar-refractivity contribution in [3.05, 3.63) is 65.2 Å². The summed E-state index contributed by atoms with van der Waals surface area (Å²) in [6, 6.07) is 10.2. The van der Waals surface area contributed by atoms with Crippen molar-refractivity contribution in [2.45, 2.75) is 70.9 Å². The molecule has 0 aliphatic heterocycles. The van der Waals surface area contributed by atoms with Gasteiger partial charge < -0.3 is 5.32 Å². The van der Waals surface area contributed by atoms with E-state index in [9.17, 15) is 4.79 Å². The van der Waals surface area contributed by atoms with Crippen LogP contribution in [0.15, 0.2) is 42.7 Å². The number of rotatable bonds is 6. The lowest BCUT2D eigenvalue weighted by Crippen LogP contribution is -2.49. The van der Waals surface area contributed by atoms with Crippen LogP contribution in [0.1, 0.15) is 72.8 Å². The molecule has 0 spiro atoms. The quantitative estimate of drug-likeness (QED) is 0.595. The topological polar surface area (TPSA) is 64.7 Å². The molecule has 0 saturated heterocycles. The highest BCUT2D eigenvalue weighted by atomic mass is 16.1. The molecule has 4 aliphatic carbocycles. The number of hydrogen-bond acceptors (Lipinski definition) is 3. The predicted molar refractivity (Wildman–Crippen MR) is 127 cm³/mol. The van der Waals surface area contributed by atoms with Crippen LogP contribution in [-0.2, 0) is 18.5 Å². The number of benzene rings is 1. The van der Waals surface area contributed by atoms with E-state index in [0.29, 0.717) is 6.54 Å². The molecule has 172 valence electrons. The number of aromatic nitrogens is 4. The summed E-state index contributed by atoms with van der Waals surface area (Å²) in [7, 11) is 0. The SMILES string of the molecule is CCn1ncc(CNC(=O)c2cn(-c3ccccc3)nc2C23CC4CC(CC(C4)C2)C3)c1C. The largest absolute Gasteiger partial charge is 0.348 e. The van der Waals surface area contributed by atoms with Crippen molar-refractivity contribution in [1.82, 2.24) is 24.9 Å². The van der Waals surface area contributed by atoms with Gasteiger partial charge in [-0.15, -0.1) is 0 Å². The van der Waals surface area contributed by atoms with Gasteiger partial charge in [-0.25, -0.2) is 4.68 Å². The van der Waals surface area contributed by atoms with Crippen LogP contribution in [0.2, 0.25) is 0 Å². The standard InChI is InChI=1S/C27H33N5O/c1-3-31-18(2)22(16-29-31)15-28-26(33)24-17-32(23-7-5-4-6-8-23)30-25(24)27-12-19-9-20(13-27)11-21(10-19)14-27/h4-8,16-17,19-21H,3,9-15H2,1-2H3,(H,28,33). The zero-order chi connectivity index (χ0) is 22.6. The summed E-state index contributed by atoms with van der Waals surface area (Å²) in [5, 5.41) is 12.7. The van der Waals surface area contributed by atoms with E-state index in [2.05, 4.69) is 36.4 Å². The molecule has 0 unspecified atom stereocenters. The molecule has 1 N–H and O–H groups in total. The Hall–Kier alpha value is -2.89. The first-order chi connectivity index (χ1) is 16.0. The van der Waals surface area contributed by atoms with E-state index in [4.69, 9.17) is 5.10 Å². The van der Waals surface area contributed by atoms with Gasteiger partial charge in [0.2, 0.25) is 0 Å². The molecule has 4 bridgehead atoms. The minimum absolute atomic E-state index is 0.0217. The molecule has 6 heteroatoms. The first-order valence-corrected chi connectivity index (χ1v) is 12.5. The summed E-state index contributed by atoms with van der Waals surface area (Å²) in [5.74, 6) is 2.39. The summed E-state index contributed by atoms with van der Waals surface area (Å²) < 4.78 is 3.89. The summed E-state index contributed by atoms with van der Waals surface area (Å²) in [6.45, 7) is 5.46. The molecule has 2 aromatic heterocycles. The van der Waals surface area contributed by atoms with E-state index in [1.807, 2.05) is 40.0 Å². The molecule has 4 fully saturated rings. The normalized spacial score (nSPS) is 27.8. The average Bonchev–Trinajstić information content (AvgIpc) is 3.42. The van der Waals surface area contributed by atoms with E-state index in [-0.39, 0.29) is 11.3 Å². The average molecular weight is 444 g/mol. The summed E-state index contributed by atoms with van der Waals surface area (Å²) in [6.07, 6.45) is 11.5. The van der Waals surface area contributed by atoms with E-state index in [0.717, 1.165) is 52.5 Å². The lowest BCUT2D eigenvalue weighted by atomic mass is 9.48. The number of nitrogens with zero attached hydrogens (tertiary/aromatic N) is 4. The van der Waals surface area contributed by atoms with Gasteiger partial charge in [0.05, 0.1) is 23.1 Å². The van der Waals surface area contributed by atoms with Gasteiger partial charge >= 0.3 is 0 Å². The van der Waals surface area contributed by atoms with Gasteiger partial charge in [0, 0.05) is 36.0 Å². The molecule has 3 aromatic rings. The van der Waals surface area contributed by atoms with Crippen molar-refractivity contribution in [3.63, 3.8) is 0 Å². The number of aryl methyl sites for hydroxylation is 1. The van der Waals surface area contributed by atoms with Crippen molar-refractivity contribution < 1.29 is 4.79 Å². The Morgan fingerprint density at radius 1 is 1.09 bits per heavy atom. The third-order valence-corrected chi connectivity index (χ3v) is 8.46. The summed E-state index contributed by atoms with van der Waals surface area (Å²) in [5.41, 5.74) is 5.02. The minimum Gasteiger partial charge on any atom is -0.348 e. The van der Waals surface area contributed by atoms with Gasteiger partial charge in [-0.2, -0.15) is 10.2 Å². The molecular weight excluding hydrogens is 410 g/mol. The number of carbonyl (C=O) groups excluding carboxylic acids is 1. The van der Waals surface area contributed by atoms with Gasteiger partial charge in [0.25, 0.3) is 5.91 Å². The highest BCUT2D eigenvalue weighted by molar-refractivity contribution is 5.95. The lowest BCUT2D eigenvalue weighted by Gasteiger charge is -2.56. The fraction of sp³-hybridized carbons (Fsp3) is 0.519. The summed E-state index contributed by atoms with van der Waals surface area (Å²) >= 11 is 0. The Morgan fingerprint density at radius 2 is 1.76 bits per heavy atom. The number of hydrogen-bond donors (Lipinski definition) is 1. The molecule has 1 amide bonds. The van der Waals surface area contributed by atoms with E-state index < -0.39 is 0 Å². The van der Waals surface area contributed by atoms with E-state index in [1.54, 1.807) is 0 Å². The molecule has 33 heavy (non-hydrogen) atoms.